The molecule has 0 bridgehead atoms. The van der Waals surface area contributed by atoms with Gasteiger partial charge in [0.1, 0.15) is 0 Å². The number of aliphatic carboxylic acids is 1. The van der Waals surface area contributed by atoms with Crippen LogP contribution in [0.25, 0.3) is 11.4 Å². The molecule has 2 aliphatic carbocycles. The minimum atomic E-state index is -0.787. The Morgan fingerprint density at radius 1 is 1.22 bits per heavy atom. The number of nitrogens with one attached hydrogen (secondary N) is 1. The van der Waals surface area contributed by atoms with E-state index in [1.165, 1.54) is 19.2 Å². The normalized spacial score (nSPS) is 21.7. The minimum absolute atomic E-state index is 0.0827. The number of hydrogen-bond donors (Lipinski definition) is 2. The smallest absolute Gasteiger partial charge is 0.317 e. The lowest BCUT2D eigenvalue weighted by Crippen LogP contribution is -2.55. The lowest BCUT2D eigenvalue weighted by molar-refractivity contribution is -0.139. The van der Waals surface area contributed by atoms with Crippen molar-refractivity contribution in [1.82, 2.24) is 20.4 Å². The van der Waals surface area contributed by atoms with Crippen LogP contribution in [0, 0.1) is 5.92 Å². The summed E-state index contributed by atoms with van der Waals surface area (Å²) in [5.41, 5.74) is 1.36. The highest BCUT2D eigenvalue weighted by atomic mass is 16.5. The molecule has 0 unspecified atom stereocenters. The Labute approximate surface area is 156 Å². The average molecular weight is 370 g/mol. The zero-order chi connectivity index (χ0) is 18.8. The molecule has 2 fully saturated rings. The van der Waals surface area contributed by atoms with Crippen molar-refractivity contribution in [3.05, 3.63) is 36.2 Å². The van der Waals surface area contributed by atoms with Crippen LogP contribution in [-0.4, -0.2) is 57.2 Å². The first kappa shape index (κ1) is 17.7. The molecule has 4 rings (SSSR count). The topological polar surface area (TPSA) is 109 Å². The molecule has 1 heterocycles. The summed E-state index contributed by atoms with van der Waals surface area (Å²) < 4.78 is 4.72. The van der Waals surface area contributed by atoms with E-state index in [0.29, 0.717) is 17.3 Å². The first-order valence-electron chi connectivity index (χ1n) is 9.22. The lowest BCUT2D eigenvalue weighted by Gasteiger charge is -2.42. The third-order valence-electron chi connectivity index (χ3n) is 5.26. The molecule has 8 heteroatoms. The van der Waals surface area contributed by atoms with Gasteiger partial charge in [-0.25, -0.2) is 0 Å². The average Bonchev–Trinajstić information content (AvgIpc) is 3.26. The van der Waals surface area contributed by atoms with Gasteiger partial charge in [0, 0.05) is 29.8 Å². The Morgan fingerprint density at radius 3 is 2.56 bits per heavy atom. The number of amides is 1. The standard InChI is InChI=1S/C19H22N4O4/c24-17(25)10-23(9-12-1-2-12)16-7-15(8-16)21-19(26)14-5-3-13(4-6-14)18-20-11-27-22-18/h3-6,11-12,15-16H,1-2,7-10H2,(H,21,26)(H,24,25). The maximum absolute atomic E-state index is 12.4. The minimum Gasteiger partial charge on any atom is -0.480 e. The van der Waals surface area contributed by atoms with Gasteiger partial charge in [-0.15, -0.1) is 0 Å². The number of carbonyl (C=O) groups is 2. The van der Waals surface area contributed by atoms with Crippen LogP contribution in [0.2, 0.25) is 0 Å². The van der Waals surface area contributed by atoms with Crippen molar-refractivity contribution < 1.29 is 19.2 Å². The van der Waals surface area contributed by atoms with Crippen molar-refractivity contribution >= 4 is 11.9 Å². The second kappa shape index (κ2) is 7.48. The molecule has 0 saturated heterocycles. The van der Waals surface area contributed by atoms with Crippen LogP contribution in [-0.2, 0) is 4.79 Å². The van der Waals surface area contributed by atoms with Crippen molar-refractivity contribution in [2.45, 2.75) is 37.8 Å². The van der Waals surface area contributed by atoms with Crippen molar-refractivity contribution in [1.29, 1.82) is 0 Å². The molecular weight excluding hydrogens is 348 g/mol. The van der Waals surface area contributed by atoms with Gasteiger partial charge in [-0.05, 0) is 43.7 Å². The maximum atomic E-state index is 12.4. The van der Waals surface area contributed by atoms with Gasteiger partial charge < -0.3 is 14.9 Å². The fourth-order valence-electron chi connectivity index (χ4n) is 3.49. The summed E-state index contributed by atoms with van der Waals surface area (Å²) in [5.74, 6) is 0.226. The molecule has 0 radical (unpaired) electrons. The van der Waals surface area contributed by atoms with Gasteiger partial charge in [-0.2, -0.15) is 4.98 Å². The summed E-state index contributed by atoms with van der Waals surface area (Å²) in [7, 11) is 0. The number of benzene rings is 1. The third-order valence-corrected chi connectivity index (χ3v) is 5.26. The predicted octanol–water partition coefficient (Wildman–Crippen LogP) is 1.79. The molecule has 27 heavy (non-hydrogen) atoms. The number of hydrogen-bond acceptors (Lipinski definition) is 6. The molecule has 1 amide bonds. The first-order valence-corrected chi connectivity index (χ1v) is 9.22. The van der Waals surface area contributed by atoms with Gasteiger partial charge in [0.05, 0.1) is 6.54 Å². The Balaban J connectivity index is 1.28. The van der Waals surface area contributed by atoms with Gasteiger partial charge in [0.2, 0.25) is 12.2 Å². The summed E-state index contributed by atoms with van der Waals surface area (Å²) in [6.07, 6.45) is 5.25. The van der Waals surface area contributed by atoms with Crippen LogP contribution in [0.4, 0.5) is 0 Å². The highest BCUT2D eigenvalue weighted by molar-refractivity contribution is 5.94. The molecule has 1 aromatic carbocycles. The Bertz CT molecular complexity index is 796. The van der Waals surface area contributed by atoms with E-state index in [2.05, 4.69) is 20.4 Å². The molecule has 2 aliphatic rings. The summed E-state index contributed by atoms with van der Waals surface area (Å²) >= 11 is 0. The van der Waals surface area contributed by atoms with Crippen LogP contribution in [0.3, 0.4) is 0 Å². The lowest BCUT2D eigenvalue weighted by atomic mass is 9.85. The number of aromatic nitrogens is 2. The number of carboxylic acid groups (broad SMARTS) is 1. The molecule has 0 atom stereocenters. The van der Waals surface area contributed by atoms with Crippen LogP contribution >= 0.6 is 0 Å². The third kappa shape index (κ3) is 4.33. The van der Waals surface area contributed by atoms with Crippen molar-refractivity contribution in [2.75, 3.05) is 13.1 Å². The monoisotopic (exact) mass is 370 g/mol. The highest BCUT2D eigenvalue weighted by Crippen LogP contribution is 2.33. The number of carboxylic acids is 1. The second-order valence-corrected chi connectivity index (χ2v) is 7.39. The van der Waals surface area contributed by atoms with Crippen molar-refractivity contribution in [3.8, 4) is 11.4 Å². The molecule has 8 nitrogen and oxygen atoms in total. The highest BCUT2D eigenvalue weighted by Gasteiger charge is 2.37. The fraction of sp³-hybridized carbons (Fsp3) is 0.474. The van der Waals surface area contributed by atoms with Gasteiger partial charge >= 0.3 is 5.97 Å². The summed E-state index contributed by atoms with van der Waals surface area (Å²) in [5, 5.41) is 15.9. The number of nitrogens with zero attached hydrogens (tertiary/aromatic N) is 3. The SMILES string of the molecule is O=C(O)CN(CC1CC1)C1CC(NC(=O)c2ccc(-c3ncon3)cc2)C1. The quantitative estimate of drug-likeness (QED) is 0.729. The van der Waals surface area contributed by atoms with E-state index in [1.54, 1.807) is 24.3 Å². The fourth-order valence-corrected chi connectivity index (χ4v) is 3.49. The Hall–Kier alpha value is -2.74. The molecule has 2 aromatic rings. The molecule has 2 N–H and O–H groups in total. The van der Waals surface area contributed by atoms with Crippen LogP contribution in [0.15, 0.2) is 35.2 Å². The first-order chi connectivity index (χ1) is 13.1. The van der Waals surface area contributed by atoms with Crippen LogP contribution in [0.1, 0.15) is 36.0 Å². The van der Waals surface area contributed by atoms with E-state index < -0.39 is 5.97 Å². The molecule has 2 saturated carbocycles. The Kier molecular flexibility index (Phi) is 4.89. The maximum Gasteiger partial charge on any atom is 0.317 e. The van der Waals surface area contributed by atoms with Crippen molar-refractivity contribution in [2.24, 2.45) is 5.92 Å². The number of carbonyl (C=O) groups excluding carboxylic acids is 1. The van der Waals surface area contributed by atoms with E-state index >= 15 is 0 Å². The van der Waals surface area contributed by atoms with Crippen molar-refractivity contribution in [3.63, 3.8) is 0 Å². The predicted molar refractivity (Wildman–Crippen MR) is 95.9 cm³/mol. The van der Waals surface area contributed by atoms with E-state index in [1.807, 2.05) is 0 Å². The molecular formula is C19H22N4O4. The zero-order valence-electron chi connectivity index (χ0n) is 14.9. The molecule has 0 aliphatic heterocycles. The summed E-state index contributed by atoms with van der Waals surface area (Å²) in [4.78, 5) is 29.5. The molecule has 142 valence electrons. The van der Waals surface area contributed by atoms with E-state index in [9.17, 15) is 9.59 Å². The van der Waals surface area contributed by atoms with Gasteiger partial charge in [0.15, 0.2) is 0 Å². The molecule has 0 spiro atoms. The number of rotatable bonds is 8. The second-order valence-electron chi connectivity index (χ2n) is 7.39. The van der Waals surface area contributed by atoms with E-state index in [4.69, 9.17) is 9.63 Å². The largest absolute Gasteiger partial charge is 0.480 e. The van der Waals surface area contributed by atoms with Gasteiger partial charge in [0.25, 0.3) is 5.91 Å². The summed E-state index contributed by atoms with van der Waals surface area (Å²) in [6.45, 7) is 0.939. The van der Waals surface area contributed by atoms with Crippen LogP contribution < -0.4 is 5.32 Å². The molecule has 1 aromatic heterocycles. The zero-order valence-corrected chi connectivity index (χ0v) is 14.9. The summed E-state index contributed by atoms with van der Waals surface area (Å²) in [6, 6.07) is 7.38. The van der Waals surface area contributed by atoms with Crippen LogP contribution in [0.5, 0.6) is 0 Å². The van der Waals surface area contributed by atoms with E-state index in [0.717, 1.165) is 24.9 Å². The Morgan fingerprint density at radius 2 is 1.96 bits per heavy atom. The van der Waals surface area contributed by atoms with E-state index in [-0.39, 0.29) is 24.5 Å². The van der Waals surface area contributed by atoms with Gasteiger partial charge in [-0.1, -0.05) is 17.3 Å². The van der Waals surface area contributed by atoms with Gasteiger partial charge in [-0.3, -0.25) is 14.5 Å².